The lowest BCUT2D eigenvalue weighted by Gasteiger charge is -2.21. The van der Waals surface area contributed by atoms with Crippen molar-refractivity contribution in [3.05, 3.63) is 41.5 Å². The third kappa shape index (κ3) is 2.21. The normalized spacial score (nSPS) is 12.7. The van der Waals surface area contributed by atoms with Crippen LogP contribution in [-0.4, -0.2) is 14.4 Å². The minimum atomic E-state index is -0.0221. The van der Waals surface area contributed by atoms with E-state index in [2.05, 4.69) is 69.1 Å². The van der Waals surface area contributed by atoms with Crippen LogP contribution in [0.4, 0.5) is 0 Å². The fourth-order valence-electron chi connectivity index (χ4n) is 2.75. The highest BCUT2D eigenvalue weighted by Gasteiger charge is 2.22. The van der Waals surface area contributed by atoms with E-state index in [4.69, 9.17) is 4.98 Å². The molecule has 3 aromatic rings. The summed E-state index contributed by atoms with van der Waals surface area (Å²) in [5.41, 5.74) is 4.49. The van der Waals surface area contributed by atoms with Crippen LogP contribution >= 0.6 is 0 Å². The molecule has 21 heavy (non-hydrogen) atoms. The Kier molecular flexibility index (Phi) is 3.05. The number of nitrogens with zero attached hydrogens (tertiary/aromatic N) is 3. The molecule has 2 aromatic heterocycles. The summed E-state index contributed by atoms with van der Waals surface area (Å²) in [7, 11) is 0. The SMILES string of the molecule is Cc1cnc2c3ccc(C(C)C)cc3nc(C(C)(C)C)n12. The Morgan fingerprint density at radius 2 is 1.86 bits per heavy atom. The number of imidazole rings is 1. The van der Waals surface area contributed by atoms with Crippen molar-refractivity contribution in [1.82, 2.24) is 14.4 Å². The number of hydrogen-bond donors (Lipinski definition) is 0. The molecule has 3 rings (SSSR count). The van der Waals surface area contributed by atoms with E-state index in [1.807, 2.05) is 6.20 Å². The molecule has 0 fully saturated rings. The van der Waals surface area contributed by atoms with E-state index >= 15 is 0 Å². The van der Waals surface area contributed by atoms with Crippen LogP contribution in [0.3, 0.4) is 0 Å². The molecule has 0 aliphatic rings. The van der Waals surface area contributed by atoms with Gasteiger partial charge in [-0.3, -0.25) is 4.40 Å². The van der Waals surface area contributed by atoms with Crippen LogP contribution in [0.2, 0.25) is 0 Å². The summed E-state index contributed by atoms with van der Waals surface area (Å²) < 4.78 is 2.19. The van der Waals surface area contributed by atoms with Crippen molar-refractivity contribution in [3.8, 4) is 0 Å². The van der Waals surface area contributed by atoms with Crippen LogP contribution in [0.25, 0.3) is 16.6 Å². The maximum atomic E-state index is 4.97. The lowest BCUT2D eigenvalue weighted by atomic mass is 9.94. The lowest BCUT2D eigenvalue weighted by Crippen LogP contribution is -2.19. The third-order valence-corrected chi connectivity index (χ3v) is 3.98. The van der Waals surface area contributed by atoms with Gasteiger partial charge in [-0.05, 0) is 30.5 Å². The molecular weight excluding hydrogens is 258 g/mol. The summed E-state index contributed by atoms with van der Waals surface area (Å²) in [6.07, 6.45) is 1.93. The Labute approximate surface area is 126 Å². The van der Waals surface area contributed by atoms with Gasteiger partial charge in [0, 0.05) is 22.7 Å². The third-order valence-electron chi connectivity index (χ3n) is 3.98. The molecule has 3 heteroatoms. The van der Waals surface area contributed by atoms with Crippen molar-refractivity contribution >= 4 is 16.6 Å². The van der Waals surface area contributed by atoms with Gasteiger partial charge in [-0.2, -0.15) is 0 Å². The van der Waals surface area contributed by atoms with Crippen molar-refractivity contribution in [3.63, 3.8) is 0 Å². The number of aryl methyl sites for hydroxylation is 1. The van der Waals surface area contributed by atoms with Crippen molar-refractivity contribution in [2.75, 3.05) is 0 Å². The fourth-order valence-corrected chi connectivity index (χ4v) is 2.75. The second-order valence-corrected chi connectivity index (χ2v) is 7.18. The van der Waals surface area contributed by atoms with Crippen molar-refractivity contribution < 1.29 is 0 Å². The molecule has 0 aliphatic carbocycles. The highest BCUT2D eigenvalue weighted by Crippen LogP contribution is 2.29. The van der Waals surface area contributed by atoms with Gasteiger partial charge in [0.25, 0.3) is 0 Å². The quantitative estimate of drug-likeness (QED) is 0.652. The average Bonchev–Trinajstić information content (AvgIpc) is 2.78. The second kappa shape index (κ2) is 4.55. The van der Waals surface area contributed by atoms with Gasteiger partial charge in [0.2, 0.25) is 0 Å². The molecule has 1 aromatic carbocycles. The first-order valence-electron chi connectivity index (χ1n) is 7.57. The Hall–Kier alpha value is -1.90. The summed E-state index contributed by atoms with van der Waals surface area (Å²) in [6, 6.07) is 6.56. The van der Waals surface area contributed by atoms with Crippen LogP contribution in [0.15, 0.2) is 24.4 Å². The summed E-state index contributed by atoms with van der Waals surface area (Å²) in [5.74, 6) is 1.58. The molecule has 0 atom stereocenters. The summed E-state index contributed by atoms with van der Waals surface area (Å²) in [4.78, 5) is 9.59. The number of hydrogen-bond acceptors (Lipinski definition) is 2. The van der Waals surface area contributed by atoms with Crippen LogP contribution in [0, 0.1) is 6.92 Å². The molecule has 110 valence electrons. The Morgan fingerprint density at radius 1 is 1.14 bits per heavy atom. The minimum Gasteiger partial charge on any atom is -0.284 e. The van der Waals surface area contributed by atoms with Crippen molar-refractivity contribution in [2.24, 2.45) is 0 Å². The van der Waals surface area contributed by atoms with Gasteiger partial charge in [0.15, 0.2) is 0 Å². The largest absolute Gasteiger partial charge is 0.284 e. The standard InChI is InChI=1S/C18H23N3/c1-11(2)13-7-8-14-15(9-13)20-17(18(4,5)6)21-12(3)10-19-16(14)21/h7-11H,1-6H3. The first kappa shape index (κ1) is 14.1. The van der Waals surface area contributed by atoms with E-state index in [0.717, 1.165) is 28.1 Å². The van der Waals surface area contributed by atoms with Gasteiger partial charge in [0.05, 0.1) is 5.52 Å². The zero-order chi connectivity index (χ0) is 15.4. The summed E-state index contributed by atoms with van der Waals surface area (Å²) >= 11 is 0. The first-order valence-corrected chi connectivity index (χ1v) is 7.57. The Balaban J connectivity index is 2.45. The van der Waals surface area contributed by atoms with Crippen LogP contribution in [0.5, 0.6) is 0 Å². The van der Waals surface area contributed by atoms with Crippen LogP contribution < -0.4 is 0 Å². The molecule has 0 aliphatic heterocycles. The average molecular weight is 281 g/mol. The predicted octanol–water partition coefficient (Wildman–Crippen LogP) is 4.61. The lowest BCUT2D eigenvalue weighted by molar-refractivity contribution is 0.537. The molecule has 3 nitrogen and oxygen atoms in total. The van der Waals surface area contributed by atoms with Gasteiger partial charge in [-0.1, -0.05) is 40.7 Å². The van der Waals surface area contributed by atoms with Crippen LogP contribution in [-0.2, 0) is 5.41 Å². The van der Waals surface area contributed by atoms with Gasteiger partial charge >= 0.3 is 0 Å². The van der Waals surface area contributed by atoms with Gasteiger partial charge in [-0.15, -0.1) is 0 Å². The van der Waals surface area contributed by atoms with E-state index in [9.17, 15) is 0 Å². The van der Waals surface area contributed by atoms with E-state index in [-0.39, 0.29) is 5.41 Å². The van der Waals surface area contributed by atoms with E-state index in [0.29, 0.717) is 5.92 Å². The molecule has 0 spiro atoms. The van der Waals surface area contributed by atoms with Crippen LogP contribution in [0.1, 0.15) is 57.6 Å². The van der Waals surface area contributed by atoms with Gasteiger partial charge < -0.3 is 0 Å². The highest BCUT2D eigenvalue weighted by atomic mass is 15.1. The summed E-state index contributed by atoms with van der Waals surface area (Å²) in [6.45, 7) is 13.1. The predicted molar refractivity (Wildman–Crippen MR) is 88.0 cm³/mol. The summed E-state index contributed by atoms with van der Waals surface area (Å²) in [5, 5.41) is 1.13. The topological polar surface area (TPSA) is 30.2 Å². The maximum Gasteiger partial charge on any atom is 0.147 e. The monoisotopic (exact) mass is 281 g/mol. The zero-order valence-electron chi connectivity index (χ0n) is 13.7. The molecule has 0 saturated carbocycles. The molecule has 0 saturated heterocycles. The smallest absolute Gasteiger partial charge is 0.147 e. The van der Waals surface area contributed by atoms with E-state index in [1.165, 1.54) is 5.56 Å². The molecule has 2 heterocycles. The Morgan fingerprint density at radius 3 is 2.48 bits per heavy atom. The first-order chi connectivity index (χ1) is 9.79. The van der Waals surface area contributed by atoms with Gasteiger partial charge in [-0.25, -0.2) is 9.97 Å². The van der Waals surface area contributed by atoms with Crippen molar-refractivity contribution in [2.45, 2.75) is 52.9 Å². The maximum absolute atomic E-state index is 4.97. The minimum absolute atomic E-state index is 0.0221. The number of fused-ring (bicyclic) bond motifs is 3. The van der Waals surface area contributed by atoms with Gasteiger partial charge in [0.1, 0.15) is 11.5 Å². The molecule has 0 bridgehead atoms. The fraction of sp³-hybridized carbons (Fsp3) is 0.444. The zero-order valence-corrected chi connectivity index (χ0v) is 13.7. The number of benzene rings is 1. The highest BCUT2D eigenvalue weighted by molar-refractivity contribution is 5.92. The molecular formula is C18H23N3. The Bertz CT molecular complexity index is 820. The molecule has 0 amide bonds. The number of aromatic nitrogens is 3. The van der Waals surface area contributed by atoms with E-state index in [1.54, 1.807) is 0 Å². The molecule has 0 radical (unpaired) electrons. The van der Waals surface area contributed by atoms with Crippen molar-refractivity contribution in [1.29, 1.82) is 0 Å². The number of rotatable bonds is 1. The second-order valence-electron chi connectivity index (χ2n) is 7.18. The molecule has 0 unspecified atom stereocenters. The molecule has 0 N–H and O–H groups in total. The van der Waals surface area contributed by atoms with E-state index < -0.39 is 0 Å².